The molecule has 0 amide bonds. The SMILES string of the molecule is Cc1nc(NC(N)NCCc2ccccc2)nc(C)c1C. The molecule has 0 spiro atoms. The molecule has 2 rings (SSSR count). The molecule has 0 saturated carbocycles. The van der Waals surface area contributed by atoms with Crippen molar-refractivity contribution in [1.29, 1.82) is 0 Å². The summed E-state index contributed by atoms with van der Waals surface area (Å²) in [6, 6.07) is 10.3. The van der Waals surface area contributed by atoms with E-state index in [0.29, 0.717) is 5.95 Å². The first-order valence-electron chi connectivity index (χ1n) is 7.17. The maximum absolute atomic E-state index is 6.01. The number of anilines is 1. The lowest BCUT2D eigenvalue weighted by Gasteiger charge is -2.16. The maximum Gasteiger partial charge on any atom is 0.225 e. The van der Waals surface area contributed by atoms with Crippen molar-refractivity contribution < 1.29 is 0 Å². The van der Waals surface area contributed by atoms with E-state index < -0.39 is 0 Å². The van der Waals surface area contributed by atoms with Gasteiger partial charge >= 0.3 is 0 Å². The van der Waals surface area contributed by atoms with Crippen molar-refractivity contribution in [3.8, 4) is 0 Å². The normalized spacial score (nSPS) is 12.2. The summed E-state index contributed by atoms with van der Waals surface area (Å²) in [6.45, 7) is 6.77. The molecule has 0 radical (unpaired) electrons. The molecule has 5 nitrogen and oxygen atoms in total. The molecule has 112 valence electrons. The fraction of sp³-hybridized carbons (Fsp3) is 0.375. The highest BCUT2D eigenvalue weighted by atomic mass is 15.3. The molecule has 21 heavy (non-hydrogen) atoms. The number of hydrogen-bond donors (Lipinski definition) is 3. The standard InChI is InChI=1S/C16H23N5/c1-11-12(2)19-16(20-13(11)3)21-15(17)18-10-9-14-7-5-4-6-8-14/h4-8,15,18H,9-10,17H2,1-3H3,(H,19,20,21). The first-order chi connectivity index (χ1) is 10.1. The number of nitrogens with two attached hydrogens (primary N) is 1. The number of rotatable bonds is 6. The number of benzene rings is 1. The van der Waals surface area contributed by atoms with E-state index in [1.165, 1.54) is 5.56 Å². The van der Waals surface area contributed by atoms with Crippen molar-refractivity contribution in [2.45, 2.75) is 33.5 Å². The molecule has 0 bridgehead atoms. The summed E-state index contributed by atoms with van der Waals surface area (Å²) >= 11 is 0. The first kappa shape index (κ1) is 15.4. The number of nitrogens with zero attached hydrogens (tertiary/aromatic N) is 2. The number of aryl methyl sites for hydroxylation is 2. The number of hydrogen-bond acceptors (Lipinski definition) is 5. The lowest BCUT2D eigenvalue weighted by Crippen LogP contribution is -2.45. The Balaban J connectivity index is 1.83. The predicted octanol–water partition coefficient (Wildman–Crippen LogP) is 1.89. The number of aromatic nitrogens is 2. The highest BCUT2D eigenvalue weighted by Crippen LogP contribution is 2.10. The molecule has 4 N–H and O–H groups in total. The molecule has 1 aromatic carbocycles. The van der Waals surface area contributed by atoms with Gasteiger partial charge in [-0.25, -0.2) is 9.97 Å². The van der Waals surface area contributed by atoms with Gasteiger partial charge in [-0.3, -0.25) is 11.1 Å². The quantitative estimate of drug-likeness (QED) is 0.707. The highest BCUT2D eigenvalue weighted by molar-refractivity contribution is 5.33. The molecule has 0 aliphatic rings. The van der Waals surface area contributed by atoms with E-state index >= 15 is 0 Å². The van der Waals surface area contributed by atoms with Crippen LogP contribution in [0.1, 0.15) is 22.5 Å². The monoisotopic (exact) mass is 285 g/mol. The van der Waals surface area contributed by atoms with Gasteiger partial charge in [-0.05, 0) is 38.3 Å². The molecule has 0 saturated heterocycles. The third-order valence-corrected chi connectivity index (χ3v) is 3.54. The van der Waals surface area contributed by atoms with Crippen LogP contribution in [0.4, 0.5) is 5.95 Å². The van der Waals surface area contributed by atoms with E-state index in [-0.39, 0.29) is 6.29 Å². The van der Waals surface area contributed by atoms with Crippen LogP contribution in [0.2, 0.25) is 0 Å². The van der Waals surface area contributed by atoms with Crippen LogP contribution in [0.5, 0.6) is 0 Å². The molecule has 1 heterocycles. The molecule has 1 aromatic heterocycles. The average molecular weight is 285 g/mol. The van der Waals surface area contributed by atoms with E-state index in [0.717, 1.165) is 29.9 Å². The Morgan fingerprint density at radius 3 is 2.29 bits per heavy atom. The molecule has 2 aromatic rings. The topological polar surface area (TPSA) is 75.9 Å². The van der Waals surface area contributed by atoms with Gasteiger partial charge in [-0.2, -0.15) is 0 Å². The molecule has 1 atom stereocenters. The summed E-state index contributed by atoms with van der Waals surface area (Å²) in [6.07, 6.45) is 0.568. The summed E-state index contributed by atoms with van der Waals surface area (Å²) in [4.78, 5) is 8.80. The Kier molecular flexibility index (Phi) is 5.25. The Morgan fingerprint density at radius 1 is 1.05 bits per heavy atom. The smallest absolute Gasteiger partial charge is 0.225 e. The summed E-state index contributed by atoms with van der Waals surface area (Å²) in [5.41, 5.74) is 10.4. The van der Waals surface area contributed by atoms with Crippen molar-refractivity contribution in [1.82, 2.24) is 15.3 Å². The van der Waals surface area contributed by atoms with Gasteiger partial charge in [0.05, 0.1) is 0 Å². The third kappa shape index (κ3) is 4.51. The van der Waals surface area contributed by atoms with Crippen molar-refractivity contribution in [3.05, 3.63) is 52.8 Å². The van der Waals surface area contributed by atoms with Crippen molar-refractivity contribution >= 4 is 5.95 Å². The molecule has 0 fully saturated rings. The lowest BCUT2D eigenvalue weighted by molar-refractivity contribution is 0.576. The minimum absolute atomic E-state index is 0.366. The van der Waals surface area contributed by atoms with Gasteiger partial charge in [0.15, 0.2) is 0 Å². The largest absolute Gasteiger partial charge is 0.326 e. The van der Waals surface area contributed by atoms with Crippen LogP contribution in [0.15, 0.2) is 30.3 Å². The van der Waals surface area contributed by atoms with Gasteiger partial charge in [-0.1, -0.05) is 30.3 Å². The third-order valence-electron chi connectivity index (χ3n) is 3.54. The van der Waals surface area contributed by atoms with Crippen LogP contribution >= 0.6 is 0 Å². The van der Waals surface area contributed by atoms with Crippen molar-refractivity contribution in [3.63, 3.8) is 0 Å². The van der Waals surface area contributed by atoms with Crippen LogP contribution in [0.3, 0.4) is 0 Å². The minimum Gasteiger partial charge on any atom is -0.326 e. The van der Waals surface area contributed by atoms with Crippen LogP contribution in [0.25, 0.3) is 0 Å². The van der Waals surface area contributed by atoms with E-state index in [1.54, 1.807) is 0 Å². The van der Waals surface area contributed by atoms with Gasteiger partial charge in [-0.15, -0.1) is 0 Å². The Bertz CT molecular complexity index is 559. The van der Waals surface area contributed by atoms with E-state index in [2.05, 4.69) is 32.7 Å². The van der Waals surface area contributed by atoms with E-state index in [4.69, 9.17) is 5.73 Å². The molecular formula is C16H23N5. The van der Waals surface area contributed by atoms with E-state index in [1.807, 2.05) is 39.0 Å². The molecule has 0 aliphatic heterocycles. The Labute approximate surface area is 126 Å². The van der Waals surface area contributed by atoms with E-state index in [9.17, 15) is 0 Å². The van der Waals surface area contributed by atoms with Crippen LogP contribution in [0, 0.1) is 20.8 Å². The molecule has 5 heteroatoms. The summed E-state index contributed by atoms with van der Waals surface area (Å²) in [7, 11) is 0. The summed E-state index contributed by atoms with van der Waals surface area (Å²) in [5.74, 6) is 0.565. The zero-order valence-electron chi connectivity index (χ0n) is 12.9. The van der Waals surface area contributed by atoms with Crippen molar-refractivity contribution in [2.75, 3.05) is 11.9 Å². The van der Waals surface area contributed by atoms with Crippen molar-refractivity contribution in [2.24, 2.45) is 5.73 Å². The fourth-order valence-electron chi connectivity index (χ4n) is 2.04. The highest BCUT2D eigenvalue weighted by Gasteiger charge is 2.07. The van der Waals surface area contributed by atoms with Gasteiger partial charge < -0.3 is 5.32 Å². The summed E-state index contributed by atoms with van der Waals surface area (Å²) in [5, 5.41) is 6.30. The van der Waals surface area contributed by atoms with Crippen LogP contribution in [-0.4, -0.2) is 22.8 Å². The van der Waals surface area contributed by atoms with Gasteiger partial charge in [0.2, 0.25) is 5.95 Å². The Morgan fingerprint density at radius 2 is 1.67 bits per heavy atom. The maximum atomic E-state index is 6.01. The zero-order valence-corrected chi connectivity index (χ0v) is 12.9. The second kappa shape index (κ2) is 7.15. The first-order valence-corrected chi connectivity index (χ1v) is 7.17. The van der Waals surface area contributed by atoms with Gasteiger partial charge in [0.1, 0.15) is 6.29 Å². The second-order valence-corrected chi connectivity index (χ2v) is 5.15. The van der Waals surface area contributed by atoms with Crippen LogP contribution in [-0.2, 0) is 6.42 Å². The molecule has 1 unspecified atom stereocenters. The number of nitrogens with one attached hydrogen (secondary N) is 2. The zero-order chi connectivity index (χ0) is 15.2. The minimum atomic E-state index is -0.366. The average Bonchev–Trinajstić information content (AvgIpc) is 2.46. The fourth-order valence-corrected chi connectivity index (χ4v) is 2.04. The van der Waals surface area contributed by atoms with Gasteiger partial charge in [0.25, 0.3) is 0 Å². The Hall–Kier alpha value is -1.98. The van der Waals surface area contributed by atoms with Gasteiger partial charge in [0, 0.05) is 17.9 Å². The molecule has 0 aliphatic carbocycles. The van der Waals surface area contributed by atoms with Crippen LogP contribution < -0.4 is 16.4 Å². The second-order valence-electron chi connectivity index (χ2n) is 5.15. The lowest BCUT2D eigenvalue weighted by atomic mass is 10.1. The summed E-state index contributed by atoms with van der Waals surface area (Å²) < 4.78 is 0. The molecular weight excluding hydrogens is 262 g/mol. The predicted molar refractivity (Wildman–Crippen MR) is 86.0 cm³/mol.